The molecule has 0 saturated carbocycles. The van der Waals surface area contributed by atoms with Gasteiger partial charge in [0, 0.05) is 19.3 Å². The van der Waals surface area contributed by atoms with E-state index in [2.05, 4.69) is 23.8 Å². The van der Waals surface area contributed by atoms with E-state index in [1.165, 1.54) is 39.2 Å². The molecule has 3 nitrogen and oxygen atoms in total. The Kier molecular flexibility index (Phi) is 15.4. The Morgan fingerprint density at radius 3 is 2.14 bits per heavy atom. The second kappa shape index (κ2) is 16.3. The molecule has 0 fully saturated rings. The van der Waals surface area contributed by atoms with Crippen LogP contribution < -0.4 is 0 Å². The predicted molar refractivity (Wildman–Crippen MR) is 91.9 cm³/mol. The molecule has 0 saturated heterocycles. The molecule has 0 N–H and O–H groups in total. The summed E-state index contributed by atoms with van der Waals surface area (Å²) in [5.74, 6) is 0.302. The summed E-state index contributed by atoms with van der Waals surface area (Å²) >= 11 is 0. The van der Waals surface area contributed by atoms with Gasteiger partial charge in [-0.15, -0.1) is 0 Å². The van der Waals surface area contributed by atoms with Gasteiger partial charge in [0.15, 0.2) is 0 Å². The highest BCUT2D eigenvalue weighted by Crippen LogP contribution is 2.09. The summed E-state index contributed by atoms with van der Waals surface area (Å²) in [5.41, 5.74) is 0. The molecule has 0 spiro atoms. The molecule has 0 unspecified atom stereocenters. The number of carbonyl (C=O) groups is 2. The molecule has 0 rings (SSSR count). The number of hydrogen-bond acceptors (Lipinski definition) is 3. The molecule has 0 bridgehead atoms. The van der Waals surface area contributed by atoms with Crippen LogP contribution in [0.3, 0.4) is 0 Å². The number of ketones is 1. The van der Waals surface area contributed by atoms with Crippen LogP contribution in [0.4, 0.5) is 0 Å². The molecule has 22 heavy (non-hydrogen) atoms. The van der Waals surface area contributed by atoms with E-state index in [-0.39, 0.29) is 5.97 Å². The number of esters is 1. The van der Waals surface area contributed by atoms with Crippen molar-refractivity contribution in [3.05, 3.63) is 12.2 Å². The standard InChI is InChI=1S/C19H34O3/c1-3-4-12-15-18(20)16-13-10-8-6-5-7-9-11-14-17-19(21)22-2/h8,10H,3-7,9,11-17H2,1-2H3. The van der Waals surface area contributed by atoms with E-state index < -0.39 is 0 Å². The maximum Gasteiger partial charge on any atom is 0.305 e. The quantitative estimate of drug-likeness (QED) is 0.232. The third-order valence-corrected chi connectivity index (χ3v) is 3.80. The van der Waals surface area contributed by atoms with Crippen molar-refractivity contribution in [1.29, 1.82) is 0 Å². The molecule has 0 atom stereocenters. The fourth-order valence-corrected chi connectivity index (χ4v) is 2.34. The number of rotatable bonds is 15. The second-order valence-corrected chi connectivity index (χ2v) is 5.89. The fraction of sp³-hybridized carbons (Fsp3) is 0.789. The molecule has 0 radical (unpaired) electrons. The summed E-state index contributed by atoms with van der Waals surface area (Å²) in [6, 6.07) is 0. The van der Waals surface area contributed by atoms with Gasteiger partial charge in [-0.3, -0.25) is 9.59 Å². The van der Waals surface area contributed by atoms with Crippen LogP contribution in [0, 0.1) is 0 Å². The van der Waals surface area contributed by atoms with Crippen LogP contribution in [0.15, 0.2) is 12.2 Å². The Hall–Kier alpha value is -1.12. The first-order valence-corrected chi connectivity index (χ1v) is 8.94. The lowest BCUT2D eigenvalue weighted by Crippen LogP contribution is -1.99. The average Bonchev–Trinajstić information content (AvgIpc) is 2.52. The van der Waals surface area contributed by atoms with E-state index in [9.17, 15) is 9.59 Å². The van der Waals surface area contributed by atoms with Crippen molar-refractivity contribution in [2.24, 2.45) is 0 Å². The van der Waals surface area contributed by atoms with Gasteiger partial charge in [0.2, 0.25) is 0 Å². The summed E-state index contributed by atoms with van der Waals surface area (Å²) in [4.78, 5) is 22.5. The number of methoxy groups -OCH3 is 1. The molecule has 0 aliphatic heterocycles. The average molecular weight is 310 g/mol. The van der Waals surface area contributed by atoms with Gasteiger partial charge in [-0.25, -0.2) is 0 Å². The molecule has 0 amide bonds. The van der Waals surface area contributed by atoms with Crippen LogP contribution in [0.5, 0.6) is 0 Å². The number of Topliss-reactive ketones (excluding diaryl/α,β-unsaturated/α-hetero) is 1. The van der Waals surface area contributed by atoms with Crippen LogP contribution in [0.25, 0.3) is 0 Å². The largest absolute Gasteiger partial charge is 0.469 e. The topological polar surface area (TPSA) is 43.4 Å². The van der Waals surface area contributed by atoms with Crippen molar-refractivity contribution in [2.75, 3.05) is 7.11 Å². The van der Waals surface area contributed by atoms with Gasteiger partial charge in [0.05, 0.1) is 7.11 Å². The van der Waals surface area contributed by atoms with Crippen molar-refractivity contribution in [3.63, 3.8) is 0 Å². The Labute approximate surface area is 136 Å². The van der Waals surface area contributed by atoms with Crippen molar-refractivity contribution in [3.8, 4) is 0 Å². The van der Waals surface area contributed by atoms with Crippen LogP contribution in [-0.4, -0.2) is 18.9 Å². The van der Waals surface area contributed by atoms with E-state index in [0.717, 1.165) is 38.5 Å². The number of hydrogen-bond donors (Lipinski definition) is 0. The van der Waals surface area contributed by atoms with Crippen LogP contribution in [0.1, 0.15) is 90.4 Å². The zero-order valence-electron chi connectivity index (χ0n) is 14.6. The van der Waals surface area contributed by atoms with Gasteiger partial charge in [0.1, 0.15) is 5.78 Å². The molecule has 0 aliphatic rings. The summed E-state index contributed by atoms with van der Waals surface area (Å²) < 4.78 is 4.60. The van der Waals surface area contributed by atoms with Crippen LogP contribution >= 0.6 is 0 Å². The Balaban J connectivity index is 3.27. The van der Waals surface area contributed by atoms with Crippen molar-refractivity contribution in [1.82, 2.24) is 0 Å². The lowest BCUT2D eigenvalue weighted by molar-refractivity contribution is -0.140. The predicted octanol–water partition coefficient (Wildman–Crippen LogP) is 5.38. The van der Waals surface area contributed by atoms with Gasteiger partial charge in [-0.2, -0.15) is 0 Å². The third kappa shape index (κ3) is 15.3. The number of unbranched alkanes of at least 4 members (excludes halogenated alkanes) is 7. The molecule has 128 valence electrons. The van der Waals surface area contributed by atoms with E-state index in [1.807, 2.05) is 0 Å². The van der Waals surface area contributed by atoms with Crippen LogP contribution in [-0.2, 0) is 14.3 Å². The molecule has 0 heterocycles. The van der Waals surface area contributed by atoms with E-state index in [1.54, 1.807) is 0 Å². The Morgan fingerprint density at radius 2 is 1.41 bits per heavy atom. The van der Waals surface area contributed by atoms with E-state index >= 15 is 0 Å². The van der Waals surface area contributed by atoms with Gasteiger partial charge >= 0.3 is 5.97 Å². The highest BCUT2D eigenvalue weighted by Gasteiger charge is 2.00. The molecule has 3 heteroatoms. The summed E-state index contributed by atoms with van der Waals surface area (Å²) in [6.45, 7) is 2.16. The summed E-state index contributed by atoms with van der Waals surface area (Å²) in [7, 11) is 1.44. The maximum atomic E-state index is 11.6. The van der Waals surface area contributed by atoms with E-state index in [4.69, 9.17) is 0 Å². The normalized spacial score (nSPS) is 11.0. The SMILES string of the molecule is CCCCCC(=O)CCC=CCCCCCCCC(=O)OC. The monoisotopic (exact) mass is 310 g/mol. The van der Waals surface area contributed by atoms with Gasteiger partial charge < -0.3 is 4.74 Å². The lowest BCUT2D eigenvalue weighted by Gasteiger charge is -2.00. The van der Waals surface area contributed by atoms with Gasteiger partial charge in [-0.05, 0) is 32.1 Å². The smallest absolute Gasteiger partial charge is 0.305 e. The second-order valence-electron chi connectivity index (χ2n) is 5.89. The minimum Gasteiger partial charge on any atom is -0.469 e. The maximum absolute atomic E-state index is 11.6. The highest BCUT2D eigenvalue weighted by atomic mass is 16.5. The zero-order valence-corrected chi connectivity index (χ0v) is 14.6. The number of ether oxygens (including phenoxy) is 1. The molecular formula is C19H34O3. The molecule has 0 aliphatic carbocycles. The molecular weight excluding hydrogens is 276 g/mol. The Morgan fingerprint density at radius 1 is 0.773 bits per heavy atom. The first-order valence-electron chi connectivity index (χ1n) is 8.94. The van der Waals surface area contributed by atoms with Crippen LogP contribution in [0.2, 0.25) is 0 Å². The first kappa shape index (κ1) is 20.9. The molecule has 0 aromatic heterocycles. The summed E-state index contributed by atoms with van der Waals surface area (Å²) in [5, 5.41) is 0. The molecule has 0 aromatic rings. The number of allylic oxidation sites excluding steroid dienone is 2. The van der Waals surface area contributed by atoms with E-state index in [0.29, 0.717) is 18.6 Å². The number of carbonyl (C=O) groups excluding carboxylic acids is 2. The molecule has 0 aromatic carbocycles. The lowest BCUT2D eigenvalue weighted by atomic mass is 10.1. The minimum atomic E-state index is -0.104. The van der Waals surface area contributed by atoms with Gasteiger partial charge in [-0.1, -0.05) is 51.2 Å². The Bertz CT molecular complexity index is 308. The third-order valence-electron chi connectivity index (χ3n) is 3.80. The summed E-state index contributed by atoms with van der Waals surface area (Å²) in [6.07, 6.45) is 17.4. The zero-order chi connectivity index (χ0) is 16.5. The van der Waals surface area contributed by atoms with Gasteiger partial charge in [0.25, 0.3) is 0 Å². The highest BCUT2D eigenvalue weighted by molar-refractivity contribution is 5.78. The van der Waals surface area contributed by atoms with Crippen molar-refractivity contribution >= 4 is 11.8 Å². The first-order chi connectivity index (χ1) is 10.7. The minimum absolute atomic E-state index is 0.104. The van der Waals surface area contributed by atoms with Crippen molar-refractivity contribution < 1.29 is 14.3 Å². The fourth-order valence-electron chi connectivity index (χ4n) is 2.34. The van der Waals surface area contributed by atoms with Crippen molar-refractivity contribution in [2.45, 2.75) is 90.4 Å².